The third kappa shape index (κ3) is 3.36. The maximum absolute atomic E-state index is 12.1. The van der Waals surface area contributed by atoms with Gasteiger partial charge in [-0.15, -0.1) is 0 Å². The molecule has 1 saturated carbocycles. The fraction of sp³-hybridized carbons (Fsp3) is 0.750. The summed E-state index contributed by atoms with van der Waals surface area (Å²) in [6, 6.07) is 1.89. The third-order valence-corrected chi connectivity index (χ3v) is 3.94. The van der Waals surface area contributed by atoms with Crippen molar-refractivity contribution >= 4 is 11.9 Å². The van der Waals surface area contributed by atoms with Crippen LogP contribution in [0.15, 0.2) is 6.07 Å². The van der Waals surface area contributed by atoms with Crippen LogP contribution in [-0.2, 0) is 15.9 Å². The molecule has 0 unspecified atom stereocenters. The molecule has 1 heterocycles. The molecule has 3 N–H and O–H groups in total. The zero-order valence-corrected chi connectivity index (χ0v) is 14.3. The summed E-state index contributed by atoms with van der Waals surface area (Å²) in [4.78, 5) is 12.1. The maximum atomic E-state index is 12.1. The van der Waals surface area contributed by atoms with Gasteiger partial charge in [0, 0.05) is 12.1 Å². The summed E-state index contributed by atoms with van der Waals surface area (Å²) >= 11 is 0. The molecule has 1 fully saturated rings. The molecular formula is C16H28N4O2. The van der Waals surface area contributed by atoms with Crippen LogP contribution in [-0.4, -0.2) is 21.9 Å². The second-order valence-electron chi connectivity index (χ2n) is 7.43. The van der Waals surface area contributed by atoms with Gasteiger partial charge in [-0.1, -0.05) is 0 Å². The SMILES string of the molecule is CC(C)NC(=O)OC1(c2cc(N)n(C(C)(C)C)n2)CCCC1. The van der Waals surface area contributed by atoms with E-state index in [9.17, 15) is 4.79 Å². The number of amides is 1. The number of carbonyl (C=O) groups excluding carboxylic acids is 1. The van der Waals surface area contributed by atoms with Crippen LogP contribution in [0.1, 0.15) is 66.0 Å². The molecular weight excluding hydrogens is 280 g/mol. The molecule has 1 aromatic heterocycles. The van der Waals surface area contributed by atoms with Crippen LogP contribution in [0.4, 0.5) is 10.6 Å². The van der Waals surface area contributed by atoms with E-state index < -0.39 is 5.60 Å². The average molecular weight is 308 g/mol. The van der Waals surface area contributed by atoms with E-state index in [1.54, 1.807) is 4.68 Å². The fourth-order valence-corrected chi connectivity index (χ4v) is 2.95. The first-order valence-electron chi connectivity index (χ1n) is 8.00. The summed E-state index contributed by atoms with van der Waals surface area (Å²) in [7, 11) is 0. The van der Waals surface area contributed by atoms with Crippen molar-refractivity contribution in [1.82, 2.24) is 15.1 Å². The van der Waals surface area contributed by atoms with Crippen molar-refractivity contribution in [2.45, 2.75) is 77.5 Å². The Morgan fingerprint density at radius 2 is 2.00 bits per heavy atom. The Hall–Kier alpha value is -1.72. The Morgan fingerprint density at radius 3 is 2.45 bits per heavy atom. The van der Waals surface area contributed by atoms with E-state index in [1.165, 1.54) is 0 Å². The van der Waals surface area contributed by atoms with Crippen LogP contribution < -0.4 is 11.1 Å². The number of carbonyl (C=O) groups is 1. The zero-order chi connectivity index (χ0) is 16.5. The zero-order valence-electron chi connectivity index (χ0n) is 14.3. The Balaban J connectivity index is 2.30. The summed E-state index contributed by atoms with van der Waals surface area (Å²) in [6.45, 7) is 9.97. The van der Waals surface area contributed by atoms with Gasteiger partial charge in [0.2, 0.25) is 0 Å². The molecule has 0 radical (unpaired) electrons. The number of alkyl carbamates (subject to hydrolysis) is 1. The predicted molar refractivity (Wildman–Crippen MR) is 86.5 cm³/mol. The quantitative estimate of drug-likeness (QED) is 0.898. The smallest absolute Gasteiger partial charge is 0.408 e. The highest BCUT2D eigenvalue weighted by molar-refractivity contribution is 5.68. The van der Waals surface area contributed by atoms with Gasteiger partial charge in [0.1, 0.15) is 11.5 Å². The highest BCUT2D eigenvalue weighted by Gasteiger charge is 2.42. The molecule has 0 spiro atoms. The van der Waals surface area contributed by atoms with Gasteiger partial charge in [-0.3, -0.25) is 0 Å². The van der Waals surface area contributed by atoms with Crippen LogP contribution in [0.3, 0.4) is 0 Å². The topological polar surface area (TPSA) is 82.2 Å². The van der Waals surface area contributed by atoms with Gasteiger partial charge >= 0.3 is 6.09 Å². The van der Waals surface area contributed by atoms with Gasteiger partial charge in [0.15, 0.2) is 5.60 Å². The van der Waals surface area contributed by atoms with Gasteiger partial charge in [0.05, 0.1) is 5.54 Å². The van der Waals surface area contributed by atoms with Crippen molar-refractivity contribution in [1.29, 1.82) is 0 Å². The van der Waals surface area contributed by atoms with Crippen molar-refractivity contribution in [2.75, 3.05) is 5.73 Å². The van der Waals surface area contributed by atoms with Crippen LogP contribution in [0.25, 0.3) is 0 Å². The molecule has 0 aromatic carbocycles. The van der Waals surface area contributed by atoms with Crippen LogP contribution in [0.2, 0.25) is 0 Å². The van der Waals surface area contributed by atoms with Gasteiger partial charge in [-0.25, -0.2) is 9.48 Å². The van der Waals surface area contributed by atoms with Crippen molar-refractivity contribution < 1.29 is 9.53 Å². The Bertz CT molecular complexity index is 537. The number of anilines is 1. The number of aromatic nitrogens is 2. The molecule has 22 heavy (non-hydrogen) atoms. The Morgan fingerprint density at radius 1 is 1.41 bits per heavy atom. The number of nitrogen functional groups attached to an aromatic ring is 1. The molecule has 1 aliphatic rings. The molecule has 0 bridgehead atoms. The number of ether oxygens (including phenoxy) is 1. The minimum absolute atomic E-state index is 0.0446. The largest absolute Gasteiger partial charge is 0.436 e. The third-order valence-electron chi connectivity index (χ3n) is 3.94. The van der Waals surface area contributed by atoms with Crippen molar-refractivity contribution in [3.8, 4) is 0 Å². The molecule has 124 valence electrons. The number of hydrogen-bond donors (Lipinski definition) is 2. The summed E-state index contributed by atoms with van der Waals surface area (Å²) in [6.07, 6.45) is 3.24. The van der Waals surface area contributed by atoms with Crippen molar-refractivity contribution in [3.63, 3.8) is 0 Å². The van der Waals surface area contributed by atoms with E-state index >= 15 is 0 Å². The molecule has 2 rings (SSSR count). The van der Waals surface area contributed by atoms with E-state index in [0.717, 1.165) is 31.4 Å². The summed E-state index contributed by atoms with van der Waals surface area (Å²) in [5, 5.41) is 7.44. The molecule has 6 heteroatoms. The molecule has 1 aromatic rings. The molecule has 0 aliphatic heterocycles. The molecule has 6 nitrogen and oxygen atoms in total. The molecule has 0 saturated heterocycles. The number of nitrogens with two attached hydrogens (primary N) is 1. The van der Waals surface area contributed by atoms with Gasteiger partial charge in [-0.05, 0) is 60.3 Å². The number of rotatable bonds is 3. The van der Waals surface area contributed by atoms with Gasteiger partial charge in [-0.2, -0.15) is 5.10 Å². The summed E-state index contributed by atoms with van der Waals surface area (Å²) in [5.74, 6) is 0.599. The van der Waals surface area contributed by atoms with Crippen molar-refractivity contribution in [3.05, 3.63) is 11.8 Å². The Labute approximate surface area is 132 Å². The Kier molecular flexibility index (Phi) is 4.40. The van der Waals surface area contributed by atoms with Crippen LogP contribution >= 0.6 is 0 Å². The van der Waals surface area contributed by atoms with Gasteiger partial charge < -0.3 is 15.8 Å². The highest BCUT2D eigenvalue weighted by Crippen LogP contribution is 2.42. The lowest BCUT2D eigenvalue weighted by Crippen LogP contribution is -2.38. The minimum Gasteiger partial charge on any atom is -0.436 e. The number of hydrogen-bond acceptors (Lipinski definition) is 4. The first kappa shape index (κ1) is 16.6. The highest BCUT2D eigenvalue weighted by atomic mass is 16.6. The molecule has 0 atom stereocenters. The minimum atomic E-state index is -0.649. The standard InChI is InChI=1S/C16H28N4O2/c1-11(2)18-14(21)22-16(8-6-7-9-16)12-10-13(17)20(19-12)15(3,4)5/h10-11H,6-9,17H2,1-5H3,(H,18,21). The average Bonchev–Trinajstić information content (AvgIpc) is 2.94. The molecule has 1 amide bonds. The molecule has 1 aliphatic carbocycles. The van der Waals surface area contributed by atoms with E-state index in [-0.39, 0.29) is 17.7 Å². The van der Waals surface area contributed by atoms with Crippen molar-refractivity contribution in [2.24, 2.45) is 0 Å². The maximum Gasteiger partial charge on any atom is 0.408 e. The van der Waals surface area contributed by atoms with Crippen LogP contribution in [0, 0.1) is 0 Å². The lowest BCUT2D eigenvalue weighted by atomic mass is 9.98. The second-order valence-corrected chi connectivity index (χ2v) is 7.43. The van der Waals surface area contributed by atoms with Crippen LogP contribution in [0.5, 0.6) is 0 Å². The van der Waals surface area contributed by atoms with E-state index in [1.807, 2.05) is 40.7 Å². The lowest BCUT2D eigenvalue weighted by Gasteiger charge is -2.28. The monoisotopic (exact) mass is 308 g/mol. The second kappa shape index (κ2) is 5.82. The van der Waals surface area contributed by atoms with Gasteiger partial charge in [0.25, 0.3) is 0 Å². The lowest BCUT2D eigenvalue weighted by molar-refractivity contribution is 0.00728. The fourth-order valence-electron chi connectivity index (χ4n) is 2.95. The summed E-state index contributed by atoms with van der Waals surface area (Å²) < 4.78 is 7.59. The van der Waals surface area contributed by atoms with E-state index in [0.29, 0.717) is 5.82 Å². The number of nitrogens with one attached hydrogen (secondary N) is 1. The first-order chi connectivity index (χ1) is 10.1. The normalized spacial score (nSPS) is 17.7. The number of nitrogens with zero attached hydrogens (tertiary/aromatic N) is 2. The summed E-state index contributed by atoms with van der Waals surface area (Å²) in [5.41, 5.74) is 6.02. The predicted octanol–water partition coefficient (Wildman–Crippen LogP) is 3.12. The van der Waals surface area contributed by atoms with E-state index in [2.05, 4.69) is 10.4 Å². The first-order valence-corrected chi connectivity index (χ1v) is 8.00. The van der Waals surface area contributed by atoms with E-state index in [4.69, 9.17) is 10.5 Å².